The molecule has 2 N–H and O–H groups in total. The van der Waals surface area contributed by atoms with Gasteiger partial charge in [0.25, 0.3) is 5.91 Å². The zero-order valence-corrected chi connectivity index (χ0v) is 16.5. The predicted octanol–water partition coefficient (Wildman–Crippen LogP) is 4.63. The van der Waals surface area contributed by atoms with E-state index in [0.29, 0.717) is 12.1 Å². The Morgan fingerprint density at radius 2 is 1.89 bits per heavy atom. The van der Waals surface area contributed by atoms with Crippen LogP contribution in [0.25, 0.3) is 0 Å². The molecule has 0 atom stereocenters. The zero-order valence-electron chi connectivity index (χ0n) is 16.5. The fraction of sp³-hybridized carbons (Fsp3) is 0.217. The van der Waals surface area contributed by atoms with Crippen LogP contribution in [-0.2, 0) is 13.0 Å². The van der Waals surface area contributed by atoms with Gasteiger partial charge in [-0.1, -0.05) is 37.3 Å². The Kier molecular flexibility index (Phi) is 6.27. The Bertz CT molecular complexity index is 952. The number of methoxy groups -OCH3 is 1. The van der Waals surface area contributed by atoms with Crippen molar-refractivity contribution >= 4 is 17.3 Å². The number of nitrogens with zero attached hydrogens (tertiary/aromatic N) is 1. The van der Waals surface area contributed by atoms with Crippen molar-refractivity contribution < 1.29 is 9.53 Å². The molecule has 5 heteroatoms. The molecule has 3 rings (SSSR count). The van der Waals surface area contributed by atoms with Crippen LogP contribution in [0.2, 0.25) is 0 Å². The Hall–Kier alpha value is -3.34. The molecule has 0 radical (unpaired) electrons. The molecule has 0 aliphatic heterocycles. The van der Waals surface area contributed by atoms with Crippen molar-refractivity contribution in [3.05, 3.63) is 83.2 Å². The first-order chi connectivity index (χ1) is 13.6. The molecule has 0 saturated heterocycles. The summed E-state index contributed by atoms with van der Waals surface area (Å²) in [6, 6.07) is 15.7. The van der Waals surface area contributed by atoms with Crippen LogP contribution in [0.3, 0.4) is 0 Å². The van der Waals surface area contributed by atoms with Gasteiger partial charge < -0.3 is 15.4 Å². The second kappa shape index (κ2) is 9.04. The highest BCUT2D eigenvalue weighted by molar-refractivity contribution is 5.94. The van der Waals surface area contributed by atoms with Gasteiger partial charge in [0.05, 0.1) is 24.6 Å². The van der Waals surface area contributed by atoms with Crippen LogP contribution in [0.1, 0.15) is 34.0 Å². The lowest BCUT2D eigenvalue weighted by Gasteiger charge is -2.14. The fourth-order valence-electron chi connectivity index (χ4n) is 3.01. The van der Waals surface area contributed by atoms with E-state index in [2.05, 4.69) is 47.7 Å². The smallest absolute Gasteiger partial charge is 0.253 e. The summed E-state index contributed by atoms with van der Waals surface area (Å²) in [7, 11) is 1.63. The predicted molar refractivity (Wildman–Crippen MR) is 112 cm³/mol. The quantitative estimate of drug-likeness (QED) is 0.632. The highest BCUT2D eigenvalue weighted by atomic mass is 16.5. The van der Waals surface area contributed by atoms with Crippen molar-refractivity contribution in [2.45, 2.75) is 26.8 Å². The average Bonchev–Trinajstić information content (AvgIpc) is 2.74. The molecule has 0 aliphatic carbocycles. The molecule has 0 aliphatic rings. The van der Waals surface area contributed by atoms with Gasteiger partial charge in [-0.25, -0.2) is 0 Å². The van der Waals surface area contributed by atoms with E-state index in [-0.39, 0.29) is 5.91 Å². The third-order valence-corrected chi connectivity index (χ3v) is 4.62. The van der Waals surface area contributed by atoms with E-state index in [4.69, 9.17) is 4.74 Å². The number of para-hydroxylation sites is 1. The number of carbonyl (C=O) groups is 1. The van der Waals surface area contributed by atoms with Crippen molar-refractivity contribution in [1.29, 1.82) is 0 Å². The summed E-state index contributed by atoms with van der Waals surface area (Å²) >= 11 is 0. The van der Waals surface area contributed by atoms with Gasteiger partial charge in [0.15, 0.2) is 0 Å². The van der Waals surface area contributed by atoms with Crippen molar-refractivity contribution in [2.24, 2.45) is 0 Å². The van der Waals surface area contributed by atoms with Gasteiger partial charge in [0, 0.05) is 18.4 Å². The minimum Gasteiger partial charge on any atom is -0.497 e. The van der Waals surface area contributed by atoms with E-state index >= 15 is 0 Å². The molecule has 2 aromatic carbocycles. The molecule has 28 heavy (non-hydrogen) atoms. The van der Waals surface area contributed by atoms with Gasteiger partial charge >= 0.3 is 0 Å². The maximum Gasteiger partial charge on any atom is 0.253 e. The van der Waals surface area contributed by atoms with Crippen LogP contribution in [0.15, 0.2) is 60.9 Å². The summed E-state index contributed by atoms with van der Waals surface area (Å²) < 4.78 is 5.15. The first-order valence-corrected chi connectivity index (χ1v) is 9.32. The van der Waals surface area contributed by atoms with Crippen LogP contribution in [0, 0.1) is 6.92 Å². The minimum atomic E-state index is -0.160. The summed E-state index contributed by atoms with van der Waals surface area (Å²) in [6.45, 7) is 4.64. The summed E-state index contributed by atoms with van der Waals surface area (Å²) in [5.74, 6) is 0.633. The van der Waals surface area contributed by atoms with Gasteiger partial charge in [-0.05, 0) is 48.2 Å². The van der Waals surface area contributed by atoms with Gasteiger partial charge in [-0.2, -0.15) is 0 Å². The molecule has 1 aromatic heterocycles. The van der Waals surface area contributed by atoms with Gasteiger partial charge in [-0.3, -0.25) is 9.78 Å². The summed E-state index contributed by atoms with van der Waals surface area (Å²) in [5.41, 5.74) is 5.78. The standard InChI is InChI=1S/C23H25N3O2/c1-4-18-7-5-6-16(2)22(18)26-20-12-19(14-24-15-20)23(27)25-13-17-8-10-21(28-3)11-9-17/h5-12,14-15,26H,4,13H2,1-3H3,(H,25,27). The highest BCUT2D eigenvalue weighted by Crippen LogP contribution is 2.25. The first kappa shape index (κ1) is 19.4. The largest absolute Gasteiger partial charge is 0.497 e. The molecule has 0 bridgehead atoms. The molecule has 5 nitrogen and oxygen atoms in total. The molecule has 1 amide bonds. The van der Waals surface area contributed by atoms with Gasteiger partial charge in [-0.15, -0.1) is 0 Å². The molecule has 0 unspecified atom stereocenters. The fourth-order valence-corrected chi connectivity index (χ4v) is 3.01. The number of rotatable bonds is 7. The molecule has 0 fully saturated rings. The lowest BCUT2D eigenvalue weighted by Crippen LogP contribution is -2.23. The summed E-state index contributed by atoms with van der Waals surface area (Å²) in [5, 5.41) is 6.35. The van der Waals surface area contributed by atoms with Crippen molar-refractivity contribution in [1.82, 2.24) is 10.3 Å². The molecule has 144 valence electrons. The Labute approximate surface area is 165 Å². The molecule has 3 aromatic rings. The number of carbonyl (C=O) groups excluding carboxylic acids is 1. The van der Waals surface area contributed by atoms with Crippen LogP contribution in [-0.4, -0.2) is 18.0 Å². The third-order valence-electron chi connectivity index (χ3n) is 4.62. The van der Waals surface area contributed by atoms with Crippen molar-refractivity contribution in [2.75, 3.05) is 12.4 Å². The van der Waals surface area contributed by atoms with E-state index in [0.717, 1.165) is 34.7 Å². The SMILES string of the molecule is CCc1cccc(C)c1Nc1cncc(C(=O)NCc2ccc(OC)cc2)c1. The van der Waals surface area contributed by atoms with Gasteiger partial charge in [0.1, 0.15) is 5.75 Å². The lowest BCUT2D eigenvalue weighted by atomic mass is 10.1. The van der Waals surface area contributed by atoms with E-state index in [1.165, 1.54) is 5.56 Å². The molecule has 1 heterocycles. The number of nitrogens with one attached hydrogen (secondary N) is 2. The Morgan fingerprint density at radius 1 is 1.11 bits per heavy atom. The number of hydrogen-bond acceptors (Lipinski definition) is 4. The van der Waals surface area contributed by atoms with E-state index < -0.39 is 0 Å². The Morgan fingerprint density at radius 3 is 2.61 bits per heavy atom. The monoisotopic (exact) mass is 375 g/mol. The second-order valence-electron chi connectivity index (χ2n) is 6.58. The highest BCUT2D eigenvalue weighted by Gasteiger charge is 2.09. The number of pyridine rings is 1. The first-order valence-electron chi connectivity index (χ1n) is 9.32. The number of aromatic nitrogens is 1. The molecular weight excluding hydrogens is 350 g/mol. The number of ether oxygens (including phenoxy) is 1. The number of anilines is 2. The number of aryl methyl sites for hydroxylation is 2. The molecule has 0 saturated carbocycles. The van der Waals surface area contributed by atoms with E-state index in [1.54, 1.807) is 19.5 Å². The number of amides is 1. The van der Waals surface area contributed by atoms with Crippen LogP contribution in [0.5, 0.6) is 5.75 Å². The maximum absolute atomic E-state index is 12.5. The zero-order chi connectivity index (χ0) is 19.9. The van der Waals surface area contributed by atoms with E-state index in [9.17, 15) is 4.79 Å². The van der Waals surface area contributed by atoms with Crippen molar-refractivity contribution in [3.63, 3.8) is 0 Å². The topological polar surface area (TPSA) is 63.2 Å². The third kappa shape index (κ3) is 4.68. The second-order valence-corrected chi connectivity index (χ2v) is 6.58. The number of benzene rings is 2. The number of hydrogen-bond donors (Lipinski definition) is 2. The summed E-state index contributed by atoms with van der Waals surface area (Å²) in [4.78, 5) is 16.8. The normalized spacial score (nSPS) is 10.4. The Balaban J connectivity index is 1.69. The van der Waals surface area contributed by atoms with Crippen LogP contribution in [0.4, 0.5) is 11.4 Å². The average molecular weight is 375 g/mol. The van der Waals surface area contributed by atoms with E-state index in [1.807, 2.05) is 30.3 Å². The summed E-state index contributed by atoms with van der Waals surface area (Å²) in [6.07, 6.45) is 4.23. The van der Waals surface area contributed by atoms with Crippen molar-refractivity contribution in [3.8, 4) is 5.75 Å². The maximum atomic E-state index is 12.5. The van der Waals surface area contributed by atoms with Crippen LogP contribution < -0.4 is 15.4 Å². The molecule has 0 spiro atoms. The minimum absolute atomic E-state index is 0.160. The van der Waals surface area contributed by atoms with Crippen LogP contribution >= 0.6 is 0 Å². The lowest BCUT2D eigenvalue weighted by molar-refractivity contribution is 0.0950. The van der Waals surface area contributed by atoms with Gasteiger partial charge in [0.2, 0.25) is 0 Å². The molecular formula is C23H25N3O2.